The molecule has 1 aromatic carbocycles. The van der Waals surface area contributed by atoms with E-state index in [0.717, 1.165) is 16.6 Å². The summed E-state index contributed by atoms with van der Waals surface area (Å²) in [5.41, 5.74) is 2.15. The van der Waals surface area contributed by atoms with Crippen molar-refractivity contribution < 1.29 is 17.9 Å². The van der Waals surface area contributed by atoms with Gasteiger partial charge in [-0.05, 0) is 26.0 Å². The second-order valence-corrected chi connectivity index (χ2v) is 9.76. The van der Waals surface area contributed by atoms with E-state index in [1.165, 1.54) is 5.57 Å². The number of anilines is 1. The van der Waals surface area contributed by atoms with Gasteiger partial charge in [-0.2, -0.15) is 0 Å². The second kappa shape index (κ2) is 6.25. The number of hydrogen-bond acceptors (Lipinski definition) is 7. The van der Waals surface area contributed by atoms with Crippen LogP contribution in [0.2, 0.25) is 0 Å². The number of sulfone groups is 1. The molecule has 2 atom stereocenters. The van der Waals surface area contributed by atoms with E-state index in [0.29, 0.717) is 11.5 Å². The SMILES string of the molecule is CC(C)=CCSC1=NC2CS(=O)(=O)CC2N1c1ccc2c(c1)OCO2. The number of thioether (sulfide) groups is 1. The first-order valence-corrected chi connectivity index (χ1v) is 11.0. The zero-order chi connectivity index (χ0) is 17.6. The summed E-state index contributed by atoms with van der Waals surface area (Å²) in [7, 11) is -3.04. The summed E-state index contributed by atoms with van der Waals surface area (Å²) in [6, 6.07) is 5.39. The molecule has 0 bridgehead atoms. The number of amidine groups is 1. The predicted molar refractivity (Wildman–Crippen MR) is 101 cm³/mol. The Balaban J connectivity index is 1.66. The summed E-state index contributed by atoms with van der Waals surface area (Å²) >= 11 is 1.64. The van der Waals surface area contributed by atoms with Crippen LogP contribution in [0.25, 0.3) is 0 Å². The molecule has 25 heavy (non-hydrogen) atoms. The first-order chi connectivity index (χ1) is 11.9. The van der Waals surface area contributed by atoms with Crippen molar-refractivity contribution in [3.63, 3.8) is 0 Å². The molecule has 134 valence electrons. The number of allylic oxidation sites excluding steroid dienone is 1. The Kier molecular flexibility index (Phi) is 4.19. The van der Waals surface area contributed by atoms with Crippen molar-refractivity contribution in [1.29, 1.82) is 0 Å². The lowest BCUT2D eigenvalue weighted by molar-refractivity contribution is 0.174. The van der Waals surface area contributed by atoms with Crippen LogP contribution < -0.4 is 14.4 Å². The molecule has 1 saturated heterocycles. The van der Waals surface area contributed by atoms with Gasteiger partial charge in [0.1, 0.15) is 0 Å². The fourth-order valence-electron chi connectivity index (χ4n) is 3.25. The summed E-state index contributed by atoms with van der Waals surface area (Å²) in [5, 5.41) is 0.876. The monoisotopic (exact) mass is 380 g/mol. The molecule has 3 aliphatic rings. The second-order valence-electron chi connectivity index (χ2n) is 6.62. The van der Waals surface area contributed by atoms with Gasteiger partial charge >= 0.3 is 0 Å². The van der Waals surface area contributed by atoms with E-state index in [9.17, 15) is 8.42 Å². The smallest absolute Gasteiger partial charge is 0.231 e. The summed E-state index contributed by atoms with van der Waals surface area (Å²) in [6.45, 7) is 4.34. The molecule has 0 aliphatic carbocycles. The molecule has 2 unspecified atom stereocenters. The van der Waals surface area contributed by atoms with Crippen molar-refractivity contribution in [3.05, 3.63) is 29.8 Å². The molecule has 0 saturated carbocycles. The highest BCUT2D eigenvalue weighted by molar-refractivity contribution is 8.14. The van der Waals surface area contributed by atoms with Gasteiger partial charge in [0, 0.05) is 17.5 Å². The van der Waals surface area contributed by atoms with Gasteiger partial charge in [0.05, 0.1) is 23.6 Å². The van der Waals surface area contributed by atoms with Gasteiger partial charge in [-0.1, -0.05) is 23.4 Å². The van der Waals surface area contributed by atoms with Crippen LogP contribution in [0, 0.1) is 0 Å². The summed E-state index contributed by atoms with van der Waals surface area (Å²) in [4.78, 5) is 6.78. The highest BCUT2D eigenvalue weighted by Crippen LogP contribution is 2.40. The molecule has 4 rings (SSSR count). The maximum Gasteiger partial charge on any atom is 0.231 e. The summed E-state index contributed by atoms with van der Waals surface area (Å²) in [5.74, 6) is 2.49. The number of aliphatic imine (C=N–C) groups is 1. The van der Waals surface area contributed by atoms with Crippen LogP contribution in [-0.2, 0) is 9.84 Å². The average molecular weight is 380 g/mol. The largest absolute Gasteiger partial charge is 0.454 e. The maximum atomic E-state index is 12.1. The fourth-order valence-corrected chi connectivity index (χ4v) is 6.25. The summed E-state index contributed by atoms with van der Waals surface area (Å²) < 4.78 is 35.0. The first-order valence-electron chi connectivity index (χ1n) is 8.16. The van der Waals surface area contributed by atoms with Gasteiger partial charge in [0.25, 0.3) is 0 Å². The Morgan fingerprint density at radius 1 is 1.32 bits per heavy atom. The van der Waals surface area contributed by atoms with E-state index in [1.807, 2.05) is 18.2 Å². The van der Waals surface area contributed by atoms with Gasteiger partial charge in [0.15, 0.2) is 26.5 Å². The first kappa shape index (κ1) is 16.8. The van der Waals surface area contributed by atoms with E-state index in [2.05, 4.69) is 24.8 Å². The molecular weight excluding hydrogens is 360 g/mol. The molecule has 0 N–H and O–H groups in total. The molecule has 0 aromatic heterocycles. The Labute approximate surface area is 151 Å². The van der Waals surface area contributed by atoms with Crippen molar-refractivity contribution >= 4 is 32.5 Å². The molecule has 1 fully saturated rings. The van der Waals surface area contributed by atoms with E-state index in [-0.39, 0.29) is 30.4 Å². The predicted octanol–water partition coefficient (Wildman–Crippen LogP) is 2.46. The van der Waals surface area contributed by atoms with Crippen LogP contribution in [0.4, 0.5) is 5.69 Å². The molecule has 3 heterocycles. The Morgan fingerprint density at radius 2 is 2.12 bits per heavy atom. The number of ether oxygens (including phenoxy) is 2. The average Bonchev–Trinajstić information content (AvgIpc) is 3.17. The van der Waals surface area contributed by atoms with Crippen molar-refractivity contribution in [2.75, 3.05) is 29.0 Å². The van der Waals surface area contributed by atoms with Crippen molar-refractivity contribution in [1.82, 2.24) is 0 Å². The number of benzene rings is 1. The van der Waals surface area contributed by atoms with E-state index in [4.69, 9.17) is 14.5 Å². The molecular formula is C17H20N2O4S2. The maximum absolute atomic E-state index is 12.1. The van der Waals surface area contributed by atoms with Crippen LogP contribution in [-0.4, -0.2) is 49.7 Å². The molecule has 8 heteroatoms. The highest BCUT2D eigenvalue weighted by atomic mass is 32.2. The van der Waals surface area contributed by atoms with Crippen molar-refractivity contribution in [3.8, 4) is 11.5 Å². The minimum atomic E-state index is -3.04. The lowest BCUT2D eigenvalue weighted by atomic mass is 10.1. The lowest BCUT2D eigenvalue weighted by Gasteiger charge is -2.26. The molecule has 3 aliphatic heterocycles. The zero-order valence-electron chi connectivity index (χ0n) is 14.1. The van der Waals surface area contributed by atoms with Gasteiger partial charge in [-0.15, -0.1) is 0 Å². The quantitative estimate of drug-likeness (QED) is 0.751. The number of fused-ring (bicyclic) bond motifs is 2. The van der Waals surface area contributed by atoms with Gasteiger partial charge in [-0.25, -0.2) is 8.42 Å². The third-order valence-electron chi connectivity index (χ3n) is 4.45. The topological polar surface area (TPSA) is 68.2 Å². The zero-order valence-corrected chi connectivity index (χ0v) is 15.8. The molecule has 0 amide bonds. The van der Waals surface area contributed by atoms with E-state index in [1.54, 1.807) is 11.8 Å². The minimum absolute atomic E-state index is 0.130. The molecule has 0 spiro atoms. The lowest BCUT2D eigenvalue weighted by Crippen LogP contribution is -2.39. The minimum Gasteiger partial charge on any atom is -0.454 e. The van der Waals surface area contributed by atoms with Crippen LogP contribution in [0.5, 0.6) is 11.5 Å². The molecule has 1 aromatic rings. The molecule has 0 radical (unpaired) electrons. The fraction of sp³-hybridized carbons (Fsp3) is 0.471. The van der Waals surface area contributed by atoms with Crippen LogP contribution in [0.15, 0.2) is 34.8 Å². The van der Waals surface area contributed by atoms with Crippen molar-refractivity contribution in [2.24, 2.45) is 4.99 Å². The third kappa shape index (κ3) is 3.25. The Morgan fingerprint density at radius 3 is 2.92 bits per heavy atom. The third-order valence-corrected chi connectivity index (χ3v) is 7.04. The number of hydrogen-bond donors (Lipinski definition) is 0. The standard InChI is InChI=1S/C17H20N2O4S2/c1-11(2)5-6-24-17-18-13-8-25(20,21)9-14(13)19(17)12-3-4-15-16(7-12)23-10-22-15/h3-5,7,13-14H,6,8-10H2,1-2H3. The Hall–Kier alpha value is -1.67. The van der Waals surface area contributed by atoms with Gasteiger partial charge < -0.3 is 14.4 Å². The number of nitrogens with zero attached hydrogens (tertiary/aromatic N) is 2. The van der Waals surface area contributed by atoms with E-state index >= 15 is 0 Å². The van der Waals surface area contributed by atoms with Gasteiger partial charge in [0.2, 0.25) is 6.79 Å². The Bertz CT molecular complexity index is 859. The van der Waals surface area contributed by atoms with Gasteiger partial charge in [-0.3, -0.25) is 4.99 Å². The van der Waals surface area contributed by atoms with Crippen LogP contribution >= 0.6 is 11.8 Å². The number of rotatable bonds is 3. The van der Waals surface area contributed by atoms with Crippen molar-refractivity contribution in [2.45, 2.75) is 25.9 Å². The normalized spacial score (nSPS) is 25.7. The van der Waals surface area contributed by atoms with Crippen LogP contribution in [0.1, 0.15) is 13.8 Å². The van der Waals surface area contributed by atoms with E-state index < -0.39 is 9.84 Å². The summed E-state index contributed by atoms with van der Waals surface area (Å²) in [6.07, 6.45) is 2.15. The highest BCUT2D eigenvalue weighted by Gasteiger charge is 2.47. The molecule has 6 nitrogen and oxygen atoms in total. The van der Waals surface area contributed by atoms with Crippen LogP contribution in [0.3, 0.4) is 0 Å².